The minimum absolute atomic E-state index is 0.115. The lowest BCUT2D eigenvalue weighted by Crippen LogP contribution is -2.44. The average molecular weight is 411 g/mol. The number of rotatable bonds is 7. The molecular weight excluding hydrogens is 376 g/mol. The summed E-state index contributed by atoms with van der Waals surface area (Å²) in [4.78, 5) is 0.595. The second kappa shape index (κ2) is 9.03. The van der Waals surface area contributed by atoms with E-state index in [0.717, 1.165) is 18.1 Å². The Morgan fingerprint density at radius 3 is 2.15 bits per heavy atom. The van der Waals surface area contributed by atoms with E-state index in [4.69, 9.17) is 4.43 Å². The maximum absolute atomic E-state index is 13.2. The average Bonchev–Trinajstić information content (AvgIpc) is 2.79. The van der Waals surface area contributed by atoms with Gasteiger partial charge in [-0.25, -0.2) is 8.42 Å². The first kappa shape index (κ1) is 22.3. The normalized spacial score (nSPS) is 27.1. The van der Waals surface area contributed by atoms with Gasteiger partial charge < -0.3 is 9.53 Å². The van der Waals surface area contributed by atoms with Crippen molar-refractivity contribution in [2.75, 3.05) is 0 Å². The zero-order chi connectivity index (χ0) is 20.2. The van der Waals surface area contributed by atoms with Crippen molar-refractivity contribution in [1.29, 1.82) is 0 Å². The molecule has 27 heavy (non-hydrogen) atoms. The van der Waals surface area contributed by atoms with Crippen molar-refractivity contribution in [3.05, 3.63) is 41.3 Å². The van der Waals surface area contributed by atoms with Gasteiger partial charge in [0.25, 0.3) is 0 Å². The Kier molecular flexibility index (Phi) is 7.47. The summed E-state index contributed by atoms with van der Waals surface area (Å²) < 4.78 is 32.9. The van der Waals surface area contributed by atoms with Crippen LogP contribution in [0, 0.1) is 11.8 Å². The van der Waals surface area contributed by atoms with E-state index in [0.29, 0.717) is 11.3 Å². The Hall–Kier alpha value is -0.953. The highest BCUT2D eigenvalue weighted by Crippen LogP contribution is 2.37. The lowest BCUT2D eigenvalue weighted by Gasteiger charge is -2.37. The first-order valence-electron chi connectivity index (χ1n) is 10.1. The second-order valence-electron chi connectivity index (χ2n) is 7.70. The van der Waals surface area contributed by atoms with Crippen LogP contribution in [0.1, 0.15) is 41.0 Å². The molecule has 0 saturated heterocycles. The van der Waals surface area contributed by atoms with Crippen molar-refractivity contribution < 1.29 is 18.0 Å². The van der Waals surface area contributed by atoms with E-state index in [1.165, 1.54) is 0 Å². The summed E-state index contributed by atoms with van der Waals surface area (Å²) in [5.74, 6) is -0.573. The highest BCUT2D eigenvalue weighted by atomic mass is 32.2. The molecule has 1 N–H and O–H groups in total. The summed E-state index contributed by atoms with van der Waals surface area (Å²) in [5, 5.41) is 10.9. The molecule has 152 valence electrons. The van der Waals surface area contributed by atoms with Crippen LogP contribution >= 0.6 is 0 Å². The first-order chi connectivity index (χ1) is 12.7. The molecule has 0 aromatic heterocycles. The number of aliphatic hydroxyl groups excluding tert-OH is 1. The Labute approximate surface area is 165 Å². The van der Waals surface area contributed by atoms with Crippen LogP contribution in [0.5, 0.6) is 0 Å². The highest BCUT2D eigenvalue weighted by molar-refractivity contribution is 7.95. The van der Waals surface area contributed by atoms with E-state index in [-0.39, 0.29) is 16.9 Å². The third-order valence-electron chi connectivity index (χ3n) is 6.34. The number of aliphatic hydroxyl groups is 1. The summed E-state index contributed by atoms with van der Waals surface area (Å²) in [6, 6.07) is 11.6. The van der Waals surface area contributed by atoms with Gasteiger partial charge in [0.15, 0.2) is 8.32 Å². The van der Waals surface area contributed by atoms with E-state index < -0.39 is 30.2 Å². The van der Waals surface area contributed by atoms with Crippen molar-refractivity contribution in [2.45, 2.75) is 76.3 Å². The number of hydrogen-bond donors (Lipinski definition) is 1. The SMILES string of the molecule is CC[Si](CC)(CC)OC1CC=C(S(=O)(=O)c2ccccc2)C(C)C(O)C1C. The minimum Gasteiger partial charge on any atom is -0.413 e. The molecule has 4 atom stereocenters. The van der Waals surface area contributed by atoms with Gasteiger partial charge in [0.1, 0.15) is 0 Å². The molecule has 0 saturated carbocycles. The molecule has 1 aliphatic rings. The van der Waals surface area contributed by atoms with E-state index in [2.05, 4.69) is 20.8 Å². The van der Waals surface area contributed by atoms with Crippen LogP contribution in [0.2, 0.25) is 18.1 Å². The molecule has 2 rings (SSSR count). The van der Waals surface area contributed by atoms with Crippen molar-refractivity contribution in [3.8, 4) is 0 Å². The topological polar surface area (TPSA) is 63.6 Å². The quantitative estimate of drug-likeness (QED) is 0.658. The Bertz CT molecular complexity index is 732. The van der Waals surface area contributed by atoms with Crippen LogP contribution < -0.4 is 0 Å². The van der Waals surface area contributed by atoms with Gasteiger partial charge in [0, 0.05) is 11.8 Å². The molecule has 0 amide bonds. The summed E-state index contributed by atoms with van der Waals surface area (Å²) >= 11 is 0. The van der Waals surface area contributed by atoms with Gasteiger partial charge in [-0.3, -0.25) is 0 Å². The van der Waals surface area contributed by atoms with Crippen LogP contribution in [0.25, 0.3) is 0 Å². The van der Waals surface area contributed by atoms with Crippen LogP contribution in [0.4, 0.5) is 0 Å². The van der Waals surface area contributed by atoms with Crippen molar-refractivity contribution >= 4 is 18.2 Å². The summed E-state index contributed by atoms with van der Waals surface area (Å²) in [6.07, 6.45) is 1.43. The minimum atomic E-state index is -3.62. The van der Waals surface area contributed by atoms with Crippen LogP contribution in [-0.4, -0.2) is 34.0 Å². The fourth-order valence-corrected chi connectivity index (χ4v) is 8.73. The van der Waals surface area contributed by atoms with Gasteiger partial charge in [-0.05, 0) is 36.7 Å². The fraction of sp³-hybridized carbons (Fsp3) is 0.619. The molecule has 4 unspecified atom stereocenters. The Balaban J connectivity index is 2.39. The highest BCUT2D eigenvalue weighted by Gasteiger charge is 2.41. The molecule has 0 spiro atoms. The Morgan fingerprint density at radius 2 is 1.63 bits per heavy atom. The van der Waals surface area contributed by atoms with Crippen molar-refractivity contribution in [2.24, 2.45) is 11.8 Å². The predicted molar refractivity (Wildman–Crippen MR) is 113 cm³/mol. The van der Waals surface area contributed by atoms with E-state index in [9.17, 15) is 13.5 Å². The lowest BCUT2D eigenvalue weighted by atomic mass is 9.91. The zero-order valence-electron chi connectivity index (χ0n) is 17.2. The summed E-state index contributed by atoms with van der Waals surface area (Å²) in [6.45, 7) is 10.3. The molecule has 1 aliphatic carbocycles. The van der Waals surface area contributed by atoms with Crippen molar-refractivity contribution in [3.63, 3.8) is 0 Å². The number of hydrogen-bond acceptors (Lipinski definition) is 4. The standard InChI is InChI=1S/C21H34O4SSi/c1-6-27(7-2,8-3)25-19-14-15-20(17(5)21(22)16(19)4)26(23,24)18-12-10-9-11-13-18/h9-13,15-17,19,21-22H,6-8,14H2,1-5H3. The molecule has 4 nitrogen and oxygen atoms in total. The zero-order valence-corrected chi connectivity index (χ0v) is 19.0. The Morgan fingerprint density at radius 1 is 1.07 bits per heavy atom. The van der Waals surface area contributed by atoms with E-state index >= 15 is 0 Å². The van der Waals surface area contributed by atoms with Gasteiger partial charge in [-0.1, -0.05) is 58.9 Å². The van der Waals surface area contributed by atoms with Crippen LogP contribution in [0.15, 0.2) is 46.2 Å². The maximum atomic E-state index is 13.2. The fourth-order valence-electron chi connectivity index (χ4n) is 4.04. The second-order valence-corrected chi connectivity index (χ2v) is 14.4. The van der Waals surface area contributed by atoms with Crippen molar-refractivity contribution in [1.82, 2.24) is 0 Å². The molecular formula is C21H34O4SSi. The van der Waals surface area contributed by atoms with Crippen LogP contribution in [0.3, 0.4) is 0 Å². The number of benzene rings is 1. The molecule has 1 aromatic rings. The molecule has 6 heteroatoms. The summed E-state index contributed by atoms with van der Waals surface area (Å²) in [7, 11) is -5.46. The van der Waals surface area contributed by atoms with E-state index in [1.54, 1.807) is 43.3 Å². The summed E-state index contributed by atoms with van der Waals surface area (Å²) in [5.41, 5.74) is 0. The van der Waals surface area contributed by atoms with Gasteiger partial charge in [-0.15, -0.1) is 0 Å². The van der Waals surface area contributed by atoms with Gasteiger partial charge in [0.2, 0.25) is 9.84 Å². The molecule has 0 radical (unpaired) electrons. The predicted octanol–water partition coefficient (Wildman–Crippen LogP) is 4.77. The molecule has 0 bridgehead atoms. The number of sulfone groups is 1. The monoisotopic (exact) mass is 410 g/mol. The lowest BCUT2D eigenvalue weighted by molar-refractivity contribution is 0.0159. The molecule has 0 fully saturated rings. The van der Waals surface area contributed by atoms with Gasteiger partial charge >= 0.3 is 0 Å². The first-order valence-corrected chi connectivity index (χ1v) is 14.1. The molecule has 1 aromatic carbocycles. The molecule has 0 heterocycles. The molecule has 0 aliphatic heterocycles. The smallest absolute Gasteiger partial charge is 0.202 e. The van der Waals surface area contributed by atoms with E-state index in [1.807, 2.05) is 6.92 Å². The van der Waals surface area contributed by atoms with Gasteiger partial charge in [-0.2, -0.15) is 0 Å². The largest absolute Gasteiger partial charge is 0.413 e. The maximum Gasteiger partial charge on any atom is 0.202 e. The third-order valence-corrected chi connectivity index (χ3v) is 13.1. The van der Waals surface area contributed by atoms with Gasteiger partial charge in [0.05, 0.1) is 22.0 Å². The third kappa shape index (κ3) is 4.55. The van der Waals surface area contributed by atoms with Crippen LogP contribution in [-0.2, 0) is 14.3 Å².